The number of halogens is 6. The first-order chi connectivity index (χ1) is 15.0. The van der Waals surface area contributed by atoms with Crippen LogP contribution < -0.4 is 16.4 Å². The van der Waals surface area contributed by atoms with Gasteiger partial charge in [-0.15, -0.1) is 0 Å². The van der Waals surface area contributed by atoms with Crippen LogP contribution in [0.2, 0.25) is 5.02 Å². The number of primary amides is 1. The van der Waals surface area contributed by atoms with E-state index in [0.717, 1.165) is 18.2 Å². The van der Waals surface area contributed by atoms with Crippen molar-refractivity contribution in [1.29, 1.82) is 0 Å². The second-order valence-corrected chi connectivity index (χ2v) is 7.31. The number of carbonyl (C=O) groups excluding carboxylic acids is 1. The fourth-order valence-corrected chi connectivity index (χ4v) is 3.31. The molecule has 0 heterocycles. The Labute approximate surface area is 189 Å². The van der Waals surface area contributed by atoms with Crippen molar-refractivity contribution in [2.24, 2.45) is 5.73 Å². The lowest BCUT2D eigenvalue weighted by Crippen LogP contribution is -2.19. The van der Waals surface area contributed by atoms with Gasteiger partial charge in [-0.05, 0) is 60.2 Å². The first kappa shape index (κ1) is 23.4. The Hall–Kier alpha value is -3.24. The first-order valence-corrected chi connectivity index (χ1v) is 9.59. The molecule has 1 amide bonds. The van der Waals surface area contributed by atoms with E-state index >= 15 is 0 Å². The van der Waals surface area contributed by atoms with E-state index in [9.17, 15) is 26.7 Å². The van der Waals surface area contributed by atoms with Crippen molar-refractivity contribution >= 4 is 46.2 Å². The molecule has 0 fully saturated rings. The Bertz CT molecular complexity index is 1200. The smallest absolute Gasteiger partial charge is 0.365 e. The summed E-state index contributed by atoms with van der Waals surface area (Å²) >= 11 is 10.7. The number of hydrogen-bond donors (Lipinski definition) is 3. The van der Waals surface area contributed by atoms with Crippen LogP contribution in [0.25, 0.3) is 11.1 Å². The molecule has 0 bridgehead atoms. The van der Waals surface area contributed by atoms with Crippen molar-refractivity contribution in [2.75, 3.05) is 10.6 Å². The van der Waals surface area contributed by atoms with Crippen LogP contribution in [-0.4, -0.2) is 11.0 Å². The molecule has 0 aliphatic rings. The van der Waals surface area contributed by atoms with Gasteiger partial charge < -0.3 is 16.4 Å². The summed E-state index contributed by atoms with van der Waals surface area (Å²) in [4.78, 5) is 11.3. The van der Waals surface area contributed by atoms with Crippen LogP contribution >= 0.6 is 23.8 Å². The van der Waals surface area contributed by atoms with E-state index in [1.807, 2.05) is 0 Å². The molecule has 4 N–H and O–H groups in total. The summed E-state index contributed by atoms with van der Waals surface area (Å²) in [5.74, 6) is -3.38. The van der Waals surface area contributed by atoms with Gasteiger partial charge in [0, 0.05) is 16.9 Å². The van der Waals surface area contributed by atoms with Crippen molar-refractivity contribution in [3.63, 3.8) is 0 Å². The monoisotopic (exact) mass is 485 g/mol. The Morgan fingerprint density at radius 1 is 0.938 bits per heavy atom. The Kier molecular flexibility index (Phi) is 6.65. The van der Waals surface area contributed by atoms with Crippen LogP contribution in [0.5, 0.6) is 0 Å². The van der Waals surface area contributed by atoms with Gasteiger partial charge in [0.15, 0.2) is 5.11 Å². The van der Waals surface area contributed by atoms with Gasteiger partial charge in [0.1, 0.15) is 17.2 Å². The summed E-state index contributed by atoms with van der Waals surface area (Å²) in [5, 5.41) is 4.95. The molecule has 11 heteroatoms. The first-order valence-electron chi connectivity index (χ1n) is 8.80. The van der Waals surface area contributed by atoms with E-state index in [1.165, 1.54) is 36.4 Å². The summed E-state index contributed by atoms with van der Waals surface area (Å²) in [5.41, 5.74) is 4.00. The zero-order valence-electron chi connectivity index (χ0n) is 15.9. The fraction of sp³-hybridized carbons (Fsp3) is 0.0476. The molecule has 32 heavy (non-hydrogen) atoms. The van der Waals surface area contributed by atoms with E-state index in [1.54, 1.807) is 0 Å². The molecule has 3 aromatic carbocycles. The maximum absolute atomic E-state index is 14.5. The molecule has 0 radical (unpaired) electrons. The lowest BCUT2D eigenvalue weighted by atomic mass is 10.0. The zero-order chi connectivity index (χ0) is 23.6. The highest BCUT2D eigenvalue weighted by Gasteiger charge is 2.33. The average Bonchev–Trinajstić information content (AvgIpc) is 2.69. The van der Waals surface area contributed by atoms with Crippen LogP contribution in [0, 0.1) is 11.6 Å². The third kappa shape index (κ3) is 5.14. The van der Waals surface area contributed by atoms with Gasteiger partial charge in [-0.1, -0.05) is 23.7 Å². The number of hydrogen-bond acceptors (Lipinski definition) is 2. The fourth-order valence-electron chi connectivity index (χ4n) is 2.85. The van der Waals surface area contributed by atoms with E-state index < -0.39 is 39.9 Å². The second kappa shape index (κ2) is 9.09. The van der Waals surface area contributed by atoms with Crippen molar-refractivity contribution < 1.29 is 26.7 Å². The van der Waals surface area contributed by atoms with Crippen LogP contribution in [0.1, 0.15) is 15.9 Å². The van der Waals surface area contributed by atoms with Gasteiger partial charge in [-0.2, -0.15) is 13.2 Å². The SMILES string of the molecule is NC(=O)c1c(F)ccc(-c2ccc(NC(=S)Nc3ccc(Cl)c(C(F)(F)F)c3)cc2)c1F. The van der Waals surface area contributed by atoms with Crippen molar-refractivity contribution in [3.05, 3.63) is 82.4 Å². The summed E-state index contributed by atoms with van der Waals surface area (Å²) in [6.07, 6.45) is -4.62. The third-order valence-electron chi connectivity index (χ3n) is 4.32. The zero-order valence-corrected chi connectivity index (χ0v) is 17.4. The number of thiocarbonyl (C=S) groups is 1. The molecule has 0 unspecified atom stereocenters. The van der Waals surface area contributed by atoms with Gasteiger partial charge in [0.25, 0.3) is 5.91 Å². The van der Waals surface area contributed by atoms with Crippen LogP contribution in [0.3, 0.4) is 0 Å². The molecular weight excluding hydrogens is 473 g/mol. The summed E-state index contributed by atoms with van der Waals surface area (Å²) in [6.45, 7) is 0. The normalized spacial score (nSPS) is 11.2. The number of nitrogens with two attached hydrogens (primary N) is 1. The standard InChI is InChI=1S/C21H13ClF5N3OS/c22-15-7-5-12(9-14(15)21(25,26)27)30-20(32)29-11-3-1-10(2-4-11)13-6-8-16(23)17(18(13)24)19(28)31/h1-9H,(H2,28,31)(H2,29,30,32). The largest absolute Gasteiger partial charge is 0.417 e. The number of nitrogens with one attached hydrogen (secondary N) is 2. The molecule has 0 aliphatic heterocycles. The molecule has 166 valence electrons. The lowest BCUT2D eigenvalue weighted by Gasteiger charge is -2.14. The average molecular weight is 486 g/mol. The maximum Gasteiger partial charge on any atom is 0.417 e. The minimum atomic E-state index is -4.62. The molecule has 0 saturated carbocycles. The Morgan fingerprint density at radius 3 is 2.12 bits per heavy atom. The van der Waals surface area contributed by atoms with Crippen molar-refractivity contribution in [2.45, 2.75) is 6.18 Å². The highest BCUT2D eigenvalue weighted by molar-refractivity contribution is 7.80. The molecule has 0 saturated heterocycles. The highest BCUT2D eigenvalue weighted by atomic mass is 35.5. The van der Waals surface area contributed by atoms with Gasteiger partial charge in [0.05, 0.1) is 10.6 Å². The Morgan fingerprint density at radius 2 is 1.53 bits per heavy atom. The number of alkyl halides is 3. The molecular formula is C21H13ClF5N3OS. The quantitative estimate of drug-likeness (QED) is 0.303. The van der Waals surface area contributed by atoms with Crippen molar-refractivity contribution in [3.8, 4) is 11.1 Å². The predicted octanol–water partition coefficient (Wildman–Crippen LogP) is 6.21. The topological polar surface area (TPSA) is 67.2 Å². The lowest BCUT2D eigenvalue weighted by molar-refractivity contribution is -0.137. The van der Waals surface area contributed by atoms with Crippen LogP contribution in [0.15, 0.2) is 54.6 Å². The summed E-state index contributed by atoms with van der Waals surface area (Å²) < 4.78 is 67.1. The van der Waals surface area contributed by atoms with Gasteiger partial charge >= 0.3 is 6.18 Å². The maximum atomic E-state index is 14.5. The third-order valence-corrected chi connectivity index (χ3v) is 4.85. The molecule has 0 atom stereocenters. The molecule has 0 aromatic heterocycles. The van der Waals surface area contributed by atoms with E-state index in [4.69, 9.17) is 29.6 Å². The summed E-state index contributed by atoms with van der Waals surface area (Å²) in [7, 11) is 0. The molecule has 0 spiro atoms. The minimum absolute atomic E-state index is 0.00262. The molecule has 3 aromatic rings. The van der Waals surface area contributed by atoms with Crippen molar-refractivity contribution in [1.82, 2.24) is 0 Å². The van der Waals surface area contributed by atoms with Gasteiger partial charge in [0.2, 0.25) is 0 Å². The van der Waals surface area contributed by atoms with Gasteiger partial charge in [-0.25, -0.2) is 8.78 Å². The second-order valence-electron chi connectivity index (χ2n) is 6.50. The molecule has 0 aliphatic carbocycles. The highest BCUT2D eigenvalue weighted by Crippen LogP contribution is 2.36. The van der Waals surface area contributed by atoms with Crippen LogP contribution in [-0.2, 0) is 6.18 Å². The van der Waals surface area contributed by atoms with E-state index in [0.29, 0.717) is 11.3 Å². The summed E-state index contributed by atoms with van der Waals surface area (Å²) in [6, 6.07) is 11.4. The van der Waals surface area contributed by atoms with Crippen LogP contribution in [0.4, 0.5) is 33.3 Å². The van der Waals surface area contributed by atoms with E-state index in [2.05, 4.69) is 10.6 Å². The number of rotatable bonds is 4. The molecule has 3 rings (SSSR count). The number of amides is 1. The minimum Gasteiger partial charge on any atom is -0.365 e. The number of benzene rings is 3. The number of carbonyl (C=O) groups is 1. The Balaban J connectivity index is 1.75. The molecule has 4 nitrogen and oxygen atoms in total. The van der Waals surface area contributed by atoms with Gasteiger partial charge in [-0.3, -0.25) is 4.79 Å². The number of anilines is 2. The predicted molar refractivity (Wildman–Crippen MR) is 117 cm³/mol. The van der Waals surface area contributed by atoms with E-state index in [-0.39, 0.29) is 16.4 Å².